The smallest absolute Gasteiger partial charge is 0.261 e. The van der Waals surface area contributed by atoms with Gasteiger partial charge in [0.15, 0.2) is 5.82 Å². The van der Waals surface area contributed by atoms with Crippen LogP contribution in [0.3, 0.4) is 0 Å². The first kappa shape index (κ1) is 10.7. The van der Waals surface area contributed by atoms with Crippen molar-refractivity contribution >= 4 is 0 Å². The van der Waals surface area contributed by atoms with Gasteiger partial charge in [-0.15, -0.1) is 0 Å². The van der Waals surface area contributed by atoms with Crippen LogP contribution in [0.5, 0.6) is 5.75 Å². The van der Waals surface area contributed by atoms with Crippen molar-refractivity contribution in [2.45, 2.75) is 26.7 Å². The van der Waals surface area contributed by atoms with Gasteiger partial charge in [-0.3, -0.25) is 0 Å². The normalized spacial score (nSPS) is 11.0. The van der Waals surface area contributed by atoms with E-state index in [1.54, 1.807) is 6.07 Å². The summed E-state index contributed by atoms with van der Waals surface area (Å²) in [6.45, 7) is 5.81. The maximum absolute atomic E-state index is 9.87. The lowest BCUT2D eigenvalue weighted by molar-refractivity contribution is 0.414. The number of aromatic hydroxyl groups is 1. The Balaban J connectivity index is 2.47. The Kier molecular flexibility index (Phi) is 2.64. The topological polar surface area (TPSA) is 59.2 Å². The lowest BCUT2D eigenvalue weighted by Crippen LogP contribution is -1.89. The average Bonchev–Trinajstić information content (AvgIpc) is 2.71. The molecule has 0 saturated heterocycles. The first-order valence-electron chi connectivity index (χ1n) is 5.22. The molecule has 1 N–H and O–H groups in total. The lowest BCUT2D eigenvalue weighted by atomic mass is 10.1. The molecule has 2 aromatic rings. The van der Waals surface area contributed by atoms with Crippen molar-refractivity contribution in [1.29, 1.82) is 0 Å². The zero-order valence-corrected chi connectivity index (χ0v) is 9.56. The molecule has 0 aliphatic rings. The van der Waals surface area contributed by atoms with Crippen LogP contribution in [0, 0.1) is 6.92 Å². The molecule has 16 heavy (non-hydrogen) atoms. The highest BCUT2D eigenvalue weighted by molar-refractivity contribution is 5.64. The van der Waals surface area contributed by atoms with Crippen LogP contribution in [-0.4, -0.2) is 15.2 Å². The number of rotatable bonds is 2. The molecule has 0 unspecified atom stereocenters. The molecule has 0 saturated carbocycles. The maximum atomic E-state index is 9.87. The third kappa shape index (κ3) is 1.78. The van der Waals surface area contributed by atoms with Gasteiger partial charge in [0.05, 0.1) is 5.56 Å². The third-order valence-corrected chi connectivity index (χ3v) is 2.43. The van der Waals surface area contributed by atoms with E-state index in [2.05, 4.69) is 10.1 Å². The van der Waals surface area contributed by atoms with Crippen molar-refractivity contribution in [2.24, 2.45) is 0 Å². The summed E-state index contributed by atoms with van der Waals surface area (Å²) in [6.07, 6.45) is 0. The predicted molar refractivity (Wildman–Crippen MR) is 60.2 cm³/mol. The summed E-state index contributed by atoms with van der Waals surface area (Å²) < 4.78 is 5.13. The molecular formula is C12H14N2O2. The molecule has 0 spiro atoms. The van der Waals surface area contributed by atoms with E-state index in [9.17, 15) is 5.11 Å². The highest BCUT2D eigenvalue weighted by Crippen LogP contribution is 2.30. The third-order valence-electron chi connectivity index (χ3n) is 2.43. The number of nitrogens with zero attached hydrogens (tertiary/aromatic N) is 2. The number of para-hydroxylation sites is 1. The number of aromatic nitrogens is 2. The van der Waals surface area contributed by atoms with Crippen LogP contribution in [0.1, 0.15) is 31.2 Å². The van der Waals surface area contributed by atoms with E-state index in [-0.39, 0.29) is 11.7 Å². The summed E-state index contributed by atoms with van der Waals surface area (Å²) in [5.41, 5.74) is 1.38. The quantitative estimate of drug-likeness (QED) is 0.842. The van der Waals surface area contributed by atoms with Gasteiger partial charge in [0.1, 0.15) is 5.75 Å². The van der Waals surface area contributed by atoms with Crippen LogP contribution in [0.4, 0.5) is 0 Å². The van der Waals surface area contributed by atoms with Gasteiger partial charge in [0.25, 0.3) is 5.89 Å². The first-order valence-corrected chi connectivity index (χ1v) is 5.22. The van der Waals surface area contributed by atoms with Gasteiger partial charge in [0.2, 0.25) is 0 Å². The molecule has 1 heterocycles. The highest BCUT2D eigenvalue weighted by atomic mass is 16.5. The Morgan fingerprint density at radius 1 is 1.31 bits per heavy atom. The van der Waals surface area contributed by atoms with E-state index in [4.69, 9.17) is 4.52 Å². The van der Waals surface area contributed by atoms with Crippen molar-refractivity contribution in [3.8, 4) is 17.2 Å². The minimum Gasteiger partial charge on any atom is -0.507 e. The van der Waals surface area contributed by atoms with Crippen molar-refractivity contribution < 1.29 is 9.63 Å². The number of benzene rings is 1. The number of hydrogen-bond acceptors (Lipinski definition) is 4. The molecule has 4 heteroatoms. The summed E-state index contributed by atoms with van der Waals surface area (Å²) in [7, 11) is 0. The second-order valence-corrected chi connectivity index (χ2v) is 4.08. The molecular weight excluding hydrogens is 204 g/mol. The van der Waals surface area contributed by atoms with Gasteiger partial charge in [-0.25, -0.2) is 0 Å². The van der Waals surface area contributed by atoms with Crippen LogP contribution >= 0.6 is 0 Å². The molecule has 0 aliphatic carbocycles. The Morgan fingerprint density at radius 3 is 2.69 bits per heavy atom. The SMILES string of the molecule is Cc1cccc(-c2nc(C(C)C)no2)c1O. The second-order valence-electron chi connectivity index (χ2n) is 4.08. The average molecular weight is 218 g/mol. The van der Waals surface area contributed by atoms with E-state index >= 15 is 0 Å². The molecule has 0 fully saturated rings. The van der Waals surface area contributed by atoms with E-state index in [0.717, 1.165) is 5.56 Å². The van der Waals surface area contributed by atoms with Crippen molar-refractivity contribution in [3.63, 3.8) is 0 Å². The molecule has 4 nitrogen and oxygen atoms in total. The zero-order valence-electron chi connectivity index (χ0n) is 9.56. The molecule has 2 rings (SSSR count). The Labute approximate surface area is 93.9 Å². The molecule has 0 atom stereocenters. The molecule has 84 valence electrons. The number of hydrogen-bond donors (Lipinski definition) is 1. The number of phenolic OH excluding ortho intramolecular Hbond substituents is 1. The molecule has 0 aliphatic heterocycles. The second kappa shape index (κ2) is 3.96. The van der Waals surface area contributed by atoms with Crippen molar-refractivity contribution in [1.82, 2.24) is 10.1 Å². The lowest BCUT2D eigenvalue weighted by Gasteiger charge is -2.01. The van der Waals surface area contributed by atoms with Gasteiger partial charge in [-0.1, -0.05) is 31.1 Å². The fourth-order valence-electron chi connectivity index (χ4n) is 1.41. The molecule has 1 aromatic carbocycles. The summed E-state index contributed by atoms with van der Waals surface area (Å²) in [5, 5.41) is 13.7. The summed E-state index contributed by atoms with van der Waals surface area (Å²) >= 11 is 0. The highest BCUT2D eigenvalue weighted by Gasteiger charge is 2.15. The largest absolute Gasteiger partial charge is 0.507 e. The van der Waals surface area contributed by atoms with Crippen LogP contribution < -0.4 is 0 Å². The molecule has 0 amide bonds. The van der Waals surface area contributed by atoms with Crippen molar-refractivity contribution in [3.05, 3.63) is 29.6 Å². The van der Waals surface area contributed by atoms with E-state index in [0.29, 0.717) is 17.3 Å². The monoisotopic (exact) mass is 218 g/mol. The standard InChI is InChI=1S/C12H14N2O2/c1-7(2)11-13-12(16-14-11)9-6-4-5-8(3)10(9)15/h4-7,15H,1-3H3. The van der Waals surface area contributed by atoms with E-state index in [1.165, 1.54) is 0 Å². The van der Waals surface area contributed by atoms with E-state index in [1.807, 2.05) is 32.9 Å². The summed E-state index contributed by atoms with van der Waals surface area (Å²) in [6, 6.07) is 5.45. The van der Waals surface area contributed by atoms with Crippen LogP contribution in [0.15, 0.2) is 22.7 Å². The zero-order chi connectivity index (χ0) is 11.7. The van der Waals surface area contributed by atoms with Crippen molar-refractivity contribution in [2.75, 3.05) is 0 Å². The first-order chi connectivity index (χ1) is 7.59. The van der Waals surface area contributed by atoms with Gasteiger partial charge in [-0.2, -0.15) is 4.98 Å². The fraction of sp³-hybridized carbons (Fsp3) is 0.333. The fourth-order valence-corrected chi connectivity index (χ4v) is 1.41. The van der Waals surface area contributed by atoms with Gasteiger partial charge < -0.3 is 9.63 Å². The van der Waals surface area contributed by atoms with Crippen LogP contribution in [-0.2, 0) is 0 Å². The van der Waals surface area contributed by atoms with E-state index < -0.39 is 0 Å². The van der Waals surface area contributed by atoms with Crippen LogP contribution in [0.2, 0.25) is 0 Å². The number of aryl methyl sites for hydroxylation is 1. The Bertz CT molecular complexity index is 503. The molecule has 1 aromatic heterocycles. The van der Waals surface area contributed by atoms with Gasteiger partial charge in [0, 0.05) is 5.92 Å². The van der Waals surface area contributed by atoms with Crippen LogP contribution in [0.25, 0.3) is 11.5 Å². The summed E-state index contributed by atoms with van der Waals surface area (Å²) in [4.78, 5) is 4.24. The summed E-state index contributed by atoms with van der Waals surface area (Å²) in [5.74, 6) is 1.42. The Hall–Kier alpha value is -1.84. The van der Waals surface area contributed by atoms with Gasteiger partial charge in [-0.05, 0) is 18.6 Å². The Morgan fingerprint density at radius 2 is 2.06 bits per heavy atom. The minimum atomic E-state index is 0.196. The molecule has 0 bridgehead atoms. The van der Waals surface area contributed by atoms with Gasteiger partial charge >= 0.3 is 0 Å². The predicted octanol–water partition coefficient (Wildman–Crippen LogP) is 2.87. The minimum absolute atomic E-state index is 0.196. The number of phenols is 1. The maximum Gasteiger partial charge on any atom is 0.261 e. The molecule has 0 radical (unpaired) electrons.